The van der Waals surface area contributed by atoms with Gasteiger partial charge in [0.15, 0.2) is 0 Å². The minimum Gasteiger partial charge on any atom is -0.356 e. The lowest BCUT2D eigenvalue weighted by atomic mass is 9.53. The molecule has 0 unspecified atom stereocenters. The smallest absolute Gasteiger partial charge is 0.142 e. The van der Waals surface area contributed by atoms with E-state index in [1.807, 2.05) is 6.20 Å². The Morgan fingerprint density at radius 3 is 2.90 bits per heavy atom. The topological polar surface area (TPSA) is 70.8 Å². The molecule has 2 aliphatic carbocycles. The lowest BCUT2D eigenvalue weighted by Crippen LogP contribution is -2.56. The van der Waals surface area contributed by atoms with Gasteiger partial charge in [0.1, 0.15) is 17.8 Å². The highest BCUT2D eigenvalue weighted by Gasteiger charge is 2.54. The van der Waals surface area contributed by atoms with E-state index in [4.69, 9.17) is 5.14 Å². The average molecular weight is 289 g/mol. The Labute approximate surface area is 122 Å². The number of anilines is 1. The Morgan fingerprint density at radius 1 is 1.35 bits per heavy atom. The van der Waals surface area contributed by atoms with Crippen molar-refractivity contribution in [3.8, 4) is 0 Å². The fourth-order valence-electron chi connectivity index (χ4n) is 3.86. The molecule has 0 atom stereocenters. The molecule has 2 aromatic heterocycles. The van der Waals surface area contributed by atoms with Crippen LogP contribution in [0.5, 0.6) is 0 Å². The van der Waals surface area contributed by atoms with Crippen LogP contribution in [0.1, 0.15) is 25.7 Å². The molecule has 6 heteroatoms. The quantitative estimate of drug-likeness (QED) is 0.849. The van der Waals surface area contributed by atoms with Crippen molar-refractivity contribution in [2.24, 2.45) is 10.6 Å². The fourth-order valence-corrected chi connectivity index (χ4v) is 4.76. The third-order valence-electron chi connectivity index (χ3n) is 5.07. The molecule has 0 amide bonds. The van der Waals surface area contributed by atoms with E-state index in [0.717, 1.165) is 16.9 Å². The normalized spacial score (nSPS) is 32.1. The van der Waals surface area contributed by atoms with Crippen LogP contribution in [-0.2, 0) is 0 Å². The monoisotopic (exact) mass is 289 g/mol. The van der Waals surface area contributed by atoms with Gasteiger partial charge >= 0.3 is 0 Å². The SMILES string of the molecule is CN(c1ncnc2[nH]ccc12)C1CC2(CC(SN)C2)C1. The molecule has 0 aliphatic heterocycles. The van der Waals surface area contributed by atoms with E-state index >= 15 is 0 Å². The lowest BCUT2D eigenvalue weighted by Gasteiger charge is -2.59. The largest absolute Gasteiger partial charge is 0.356 e. The van der Waals surface area contributed by atoms with Gasteiger partial charge in [-0.25, -0.2) is 9.97 Å². The molecular formula is C14H19N5S. The second kappa shape index (κ2) is 4.36. The van der Waals surface area contributed by atoms with Crippen molar-refractivity contribution in [3.05, 3.63) is 18.6 Å². The zero-order chi connectivity index (χ0) is 13.7. The van der Waals surface area contributed by atoms with Crippen molar-refractivity contribution in [1.82, 2.24) is 15.0 Å². The summed E-state index contributed by atoms with van der Waals surface area (Å²) in [6.45, 7) is 0. The summed E-state index contributed by atoms with van der Waals surface area (Å²) in [6.07, 6.45) is 8.70. The molecule has 20 heavy (non-hydrogen) atoms. The number of hydrogen-bond acceptors (Lipinski definition) is 5. The zero-order valence-corrected chi connectivity index (χ0v) is 12.4. The summed E-state index contributed by atoms with van der Waals surface area (Å²) in [5.41, 5.74) is 1.50. The van der Waals surface area contributed by atoms with Crippen LogP contribution >= 0.6 is 11.9 Å². The first kappa shape index (κ1) is 12.5. The molecule has 0 bridgehead atoms. The van der Waals surface area contributed by atoms with Gasteiger partial charge in [0.05, 0.1) is 5.39 Å². The molecule has 2 fully saturated rings. The molecule has 0 radical (unpaired) electrons. The summed E-state index contributed by atoms with van der Waals surface area (Å²) in [4.78, 5) is 14.2. The van der Waals surface area contributed by atoms with Crippen LogP contribution in [0.4, 0.5) is 5.82 Å². The molecular weight excluding hydrogens is 270 g/mol. The molecule has 4 rings (SSSR count). The Morgan fingerprint density at radius 2 is 2.15 bits per heavy atom. The Bertz CT molecular complexity index is 625. The number of aromatic amines is 1. The van der Waals surface area contributed by atoms with Gasteiger partial charge in [-0.05, 0) is 37.2 Å². The molecule has 0 saturated heterocycles. The van der Waals surface area contributed by atoms with E-state index in [1.54, 1.807) is 6.33 Å². The second-order valence-electron chi connectivity index (χ2n) is 6.28. The average Bonchev–Trinajstić information content (AvgIpc) is 2.83. The second-order valence-corrected chi connectivity index (χ2v) is 7.22. The number of nitrogens with one attached hydrogen (secondary N) is 1. The van der Waals surface area contributed by atoms with Crippen LogP contribution in [0, 0.1) is 5.41 Å². The zero-order valence-electron chi connectivity index (χ0n) is 11.5. The summed E-state index contributed by atoms with van der Waals surface area (Å²) >= 11 is 1.53. The van der Waals surface area contributed by atoms with E-state index in [2.05, 4.69) is 33.0 Å². The summed E-state index contributed by atoms with van der Waals surface area (Å²) in [6, 6.07) is 2.66. The van der Waals surface area contributed by atoms with Gasteiger partial charge in [0.2, 0.25) is 0 Å². The first-order valence-corrected chi connectivity index (χ1v) is 8.01. The van der Waals surface area contributed by atoms with Crippen molar-refractivity contribution >= 4 is 28.8 Å². The number of hydrogen-bond donors (Lipinski definition) is 2. The molecule has 5 nitrogen and oxygen atoms in total. The highest BCUT2D eigenvalue weighted by molar-refractivity contribution is 7.97. The Hall–Kier alpha value is -1.27. The Balaban J connectivity index is 1.49. The van der Waals surface area contributed by atoms with Gasteiger partial charge < -0.3 is 9.88 Å². The number of rotatable bonds is 3. The van der Waals surface area contributed by atoms with Crippen LogP contribution in [0.2, 0.25) is 0 Å². The van der Waals surface area contributed by atoms with Crippen LogP contribution in [-0.4, -0.2) is 33.3 Å². The summed E-state index contributed by atoms with van der Waals surface area (Å²) < 4.78 is 0. The minimum atomic E-state index is 0.584. The van der Waals surface area contributed by atoms with Crippen LogP contribution in [0.3, 0.4) is 0 Å². The van der Waals surface area contributed by atoms with E-state index in [9.17, 15) is 0 Å². The number of nitrogens with two attached hydrogens (primary N) is 1. The third kappa shape index (κ3) is 1.74. The van der Waals surface area contributed by atoms with Gasteiger partial charge in [-0.3, -0.25) is 5.14 Å². The number of aromatic nitrogens is 3. The fraction of sp³-hybridized carbons (Fsp3) is 0.571. The van der Waals surface area contributed by atoms with Crippen LogP contribution < -0.4 is 10.0 Å². The number of H-pyrrole nitrogens is 1. The van der Waals surface area contributed by atoms with Gasteiger partial charge in [0, 0.05) is 24.5 Å². The third-order valence-corrected chi connectivity index (χ3v) is 5.78. The summed E-state index contributed by atoms with van der Waals surface area (Å²) in [5, 5.41) is 7.46. The van der Waals surface area contributed by atoms with Crippen LogP contribution in [0.15, 0.2) is 18.6 Å². The van der Waals surface area contributed by atoms with Gasteiger partial charge in [-0.2, -0.15) is 0 Å². The molecule has 2 aliphatic rings. The van der Waals surface area contributed by atoms with Crippen molar-refractivity contribution < 1.29 is 0 Å². The highest BCUT2D eigenvalue weighted by Crippen LogP contribution is 2.59. The maximum atomic E-state index is 5.66. The van der Waals surface area contributed by atoms with Crippen molar-refractivity contribution in [2.75, 3.05) is 11.9 Å². The van der Waals surface area contributed by atoms with Gasteiger partial charge in [-0.1, -0.05) is 11.9 Å². The molecule has 2 aromatic rings. The van der Waals surface area contributed by atoms with Crippen LogP contribution in [0.25, 0.3) is 11.0 Å². The predicted octanol–water partition coefficient (Wildman–Crippen LogP) is 2.31. The van der Waals surface area contributed by atoms with Gasteiger partial charge in [0.25, 0.3) is 0 Å². The lowest BCUT2D eigenvalue weighted by molar-refractivity contribution is 0.0164. The maximum Gasteiger partial charge on any atom is 0.142 e. The summed E-state index contributed by atoms with van der Waals surface area (Å²) in [7, 11) is 2.15. The molecule has 3 N–H and O–H groups in total. The van der Waals surface area contributed by atoms with Gasteiger partial charge in [-0.15, -0.1) is 0 Å². The number of nitrogens with zero attached hydrogens (tertiary/aromatic N) is 3. The van der Waals surface area contributed by atoms with E-state index < -0.39 is 0 Å². The van der Waals surface area contributed by atoms with E-state index in [0.29, 0.717) is 16.7 Å². The molecule has 0 aromatic carbocycles. The molecule has 106 valence electrons. The van der Waals surface area contributed by atoms with Crippen molar-refractivity contribution in [2.45, 2.75) is 37.0 Å². The van der Waals surface area contributed by atoms with Crippen molar-refractivity contribution in [1.29, 1.82) is 0 Å². The first-order chi connectivity index (χ1) is 9.71. The Kier molecular flexibility index (Phi) is 2.72. The summed E-state index contributed by atoms with van der Waals surface area (Å²) in [5.74, 6) is 1.04. The maximum absolute atomic E-state index is 5.66. The molecule has 2 saturated carbocycles. The number of fused-ring (bicyclic) bond motifs is 1. The minimum absolute atomic E-state index is 0.584. The highest BCUT2D eigenvalue weighted by atomic mass is 32.2. The first-order valence-electron chi connectivity index (χ1n) is 7.07. The van der Waals surface area contributed by atoms with E-state index in [-0.39, 0.29) is 0 Å². The standard InChI is InChI=1S/C14H19N5S/c1-19(9-4-14(5-9)6-10(7-14)20-15)13-11-2-3-16-12(11)17-8-18-13/h2-3,8-10H,4-7,15H2,1H3,(H,16,17,18). The van der Waals surface area contributed by atoms with Crippen molar-refractivity contribution in [3.63, 3.8) is 0 Å². The van der Waals surface area contributed by atoms with E-state index in [1.165, 1.54) is 37.6 Å². The molecule has 1 spiro atoms. The molecule has 2 heterocycles. The predicted molar refractivity (Wildman–Crippen MR) is 82.5 cm³/mol.